The molecule has 3 N–H and O–H groups in total. The third-order valence-electron chi connectivity index (χ3n) is 5.33. The van der Waals surface area contributed by atoms with Crippen LogP contribution in [-0.2, 0) is 0 Å². The number of piperidine rings is 1. The van der Waals surface area contributed by atoms with Crippen molar-refractivity contribution in [1.29, 1.82) is 0 Å². The van der Waals surface area contributed by atoms with Crippen LogP contribution in [0.4, 0.5) is 16.0 Å². The molecular formula is C24H24FN5O2. The van der Waals surface area contributed by atoms with E-state index in [0.717, 1.165) is 48.6 Å². The van der Waals surface area contributed by atoms with Crippen LogP contribution in [0.1, 0.15) is 18.5 Å². The van der Waals surface area contributed by atoms with Crippen molar-refractivity contribution in [3.8, 4) is 17.4 Å². The maximum Gasteiger partial charge on any atom is 0.230 e. The highest BCUT2D eigenvalue weighted by molar-refractivity contribution is 5.82. The molecule has 2 aromatic heterocycles. The number of nitrogens with one attached hydrogen (secondary N) is 3. The summed E-state index contributed by atoms with van der Waals surface area (Å²) in [5.41, 5.74) is 2.40. The van der Waals surface area contributed by atoms with E-state index in [4.69, 9.17) is 9.47 Å². The van der Waals surface area contributed by atoms with Crippen molar-refractivity contribution in [3.63, 3.8) is 0 Å². The van der Waals surface area contributed by atoms with Gasteiger partial charge < -0.3 is 25.1 Å². The largest absolute Gasteiger partial charge is 0.489 e. The van der Waals surface area contributed by atoms with Crippen molar-refractivity contribution >= 4 is 22.5 Å². The summed E-state index contributed by atoms with van der Waals surface area (Å²) < 4.78 is 26.6. The molecule has 0 amide bonds. The molecule has 0 bridgehead atoms. The monoisotopic (exact) mass is 433 g/mol. The molecule has 1 fully saturated rings. The lowest BCUT2D eigenvalue weighted by Gasteiger charge is -2.24. The maximum atomic E-state index is 14.8. The molecule has 3 heterocycles. The summed E-state index contributed by atoms with van der Waals surface area (Å²) >= 11 is 0. The number of H-pyrrole nitrogens is 1. The van der Waals surface area contributed by atoms with E-state index in [9.17, 15) is 4.39 Å². The fourth-order valence-corrected chi connectivity index (χ4v) is 3.83. The van der Waals surface area contributed by atoms with E-state index < -0.39 is 5.82 Å². The van der Waals surface area contributed by atoms with E-state index in [1.165, 1.54) is 0 Å². The number of aryl methyl sites for hydroxylation is 1. The van der Waals surface area contributed by atoms with Gasteiger partial charge in [0.1, 0.15) is 11.9 Å². The molecule has 0 saturated carbocycles. The molecule has 0 spiro atoms. The van der Waals surface area contributed by atoms with Crippen molar-refractivity contribution < 1.29 is 13.9 Å². The van der Waals surface area contributed by atoms with Crippen LogP contribution in [0.3, 0.4) is 0 Å². The zero-order valence-electron chi connectivity index (χ0n) is 17.7. The van der Waals surface area contributed by atoms with Crippen LogP contribution in [0, 0.1) is 12.7 Å². The van der Waals surface area contributed by atoms with Gasteiger partial charge in [-0.25, -0.2) is 9.37 Å². The van der Waals surface area contributed by atoms with E-state index in [2.05, 4.69) is 25.6 Å². The summed E-state index contributed by atoms with van der Waals surface area (Å²) in [6.45, 7) is 3.78. The lowest BCUT2D eigenvalue weighted by molar-refractivity contribution is 0.167. The molecular weight excluding hydrogens is 409 g/mol. The number of aromatic nitrogens is 3. The fraction of sp³-hybridized carbons (Fsp3) is 0.250. The Morgan fingerprint density at radius 1 is 1.16 bits per heavy atom. The standard InChI is InChI=1S/C24H24FN5O2/c1-15-12-19-20(28-15)7-8-21(23(19)25)32-22-9-11-27-24(30-22)29-16-4-2-5-17(13-16)31-18-6-3-10-26-14-18/h2,4-5,7-9,11-13,18,26,28H,3,6,10,14H2,1H3,(H,27,29,30)/t18-/m0/s1. The Balaban J connectivity index is 1.30. The highest BCUT2D eigenvalue weighted by Crippen LogP contribution is 2.30. The Bertz CT molecular complexity index is 1240. The van der Waals surface area contributed by atoms with Crippen LogP contribution in [0.2, 0.25) is 0 Å². The van der Waals surface area contributed by atoms with Crippen LogP contribution in [0.15, 0.2) is 54.7 Å². The molecule has 32 heavy (non-hydrogen) atoms. The first kappa shape index (κ1) is 20.3. The van der Waals surface area contributed by atoms with Gasteiger partial charge in [-0.3, -0.25) is 0 Å². The summed E-state index contributed by atoms with van der Waals surface area (Å²) in [5.74, 6) is 1.06. The number of halogens is 1. The fourth-order valence-electron chi connectivity index (χ4n) is 3.83. The van der Waals surface area contributed by atoms with Crippen LogP contribution < -0.4 is 20.1 Å². The van der Waals surface area contributed by atoms with Gasteiger partial charge >= 0.3 is 0 Å². The molecule has 1 aliphatic heterocycles. The SMILES string of the molecule is Cc1cc2c(F)c(Oc3ccnc(Nc4cccc(O[C@H]5CCCNC5)c4)n3)ccc2[nH]1. The molecule has 1 atom stereocenters. The van der Waals surface area contributed by atoms with Gasteiger partial charge in [0.15, 0.2) is 11.6 Å². The molecule has 1 aliphatic rings. The van der Waals surface area contributed by atoms with E-state index in [1.54, 1.807) is 30.5 Å². The zero-order chi connectivity index (χ0) is 21.9. The third kappa shape index (κ3) is 4.50. The molecule has 0 radical (unpaired) electrons. The minimum atomic E-state index is -0.429. The minimum absolute atomic E-state index is 0.109. The Labute approximate surface area is 185 Å². The number of hydrogen-bond donors (Lipinski definition) is 3. The van der Waals surface area contributed by atoms with Gasteiger partial charge in [-0.05, 0) is 56.6 Å². The molecule has 5 rings (SSSR count). The predicted octanol–water partition coefficient (Wildman–Crippen LogP) is 5.07. The van der Waals surface area contributed by atoms with Crippen molar-refractivity contribution in [1.82, 2.24) is 20.3 Å². The summed E-state index contributed by atoms with van der Waals surface area (Å²) in [4.78, 5) is 11.7. The van der Waals surface area contributed by atoms with Crippen molar-refractivity contribution in [2.45, 2.75) is 25.9 Å². The first-order chi connectivity index (χ1) is 15.6. The number of hydrogen-bond acceptors (Lipinski definition) is 6. The smallest absolute Gasteiger partial charge is 0.230 e. The van der Waals surface area contributed by atoms with Crippen LogP contribution in [0.5, 0.6) is 17.4 Å². The van der Waals surface area contributed by atoms with E-state index >= 15 is 0 Å². The molecule has 4 aromatic rings. The van der Waals surface area contributed by atoms with Gasteiger partial charge in [-0.2, -0.15) is 4.98 Å². The first-order valence-electron chi connectivity index (χ1n) is 10.7. The number of ether oxygens (including phenoxy) is 2. The minimum Gasteiger partial charge on any atom is -0.489 e. The van der Waals surface area contributed by atoms with Crippen LogP contribution >= 0.6 is 0 Å². The second-order valence-corrected chi connectivity index (χ2v) is 7.85. The number of benzene rings is 2. The second-order valence-electron chi connectivity index (χ2n) is 7.85. The van der Waals surface area contributed by atoms with Crippen LogP contribution in [-0.4, -0.2) is 34.1 Å². The number of anilines is 2. The number of rotatable bonds is 6. The molecule has 2 aromatic carbocycles. The molecule has 1 saturated heterocycles. The average Bonchev–Trinajstić information content (AvgIpc) is 3.18. The van der Waals surface area contributed by atoms with E-state index in [1.807, 2.05) is 31.2 Å². The average molecular weight is 433 g/mol. The lowest BCUT2D eigenvalue weighted by Crippen LogP contribution is -2.37. The van der Waals surface area contributed by atoms with Crippen molar-refractivity contribution in [2.24, 2.45) is 0 Å². The summed E-state index contributed by atoms with van der Waals surface area (Å²) in [5, 5.41) is 6.99. The zero-order valence-corrected chi connectivity index (χ0v) is 17.7. The van der Waals surface area contributed by atoms with Gasteiger partial charge in [0.2, 0.25) is 11.8 Å². The maximum absolute atomic E-state index is 14.8. The van der Waals surface area contributed by atoms with Gasteiger partial charge in [-0.15, -0.1) is 0 Å². The third-order valence-corrected chi connectivity index (χ3v) is 5.33. The van der Waals surface area contributed by atoms with Gasteiger partial charge in [0.25, 0.3) is 0 Å². The molecule has 8 heteroatoms. The Kier molecular flexibility index (Phi) is 5.60. The van der Waals surface area contributed by atoms with Gasteiger partial charge in [0.05, 0.1) is 0 Å². The highest BCUT2D eigenvalue weighted by atomic mass is 19.1. The number of aromatic amines is 1. The molecule has 0 unspecified atom stereocenters. The van der Waals surface area contributed by atoms with Crippen molar-refractivity contribution in [3.05, 3.63) is 66.2 Å². The van der Waals surface area contributed by atoms with Gasteiger partial charge in [-0.1, -0.05) is 6.07 Å². The second kappa shape index (κ2) is 8.84. The summed E-state index contributed by atoms with van der Waals surface area (Å²) in [6, 6.07) is 14.4. The summed E-state index contributed by atoms with van der Waals surface area (Å²) in [6.07, 6.45) is 3.89. The van der Waals surface area contributed by atoms with Crippen LogP contribution in [0.25, 0.3) is 10.9 Å². The normalized spacial score (nSPS) is 16.1. The first-order valence-corrected chi connectivity index (χ1v) is 10.7. The van der Waals surface area contributed by atoms with Crippen molar-refractivity contribution in [2.75, 3.05) is 18.4 Å². The number of fused-ring (bicyclic) bond motifs is 1. The lowest BCUT2D eigenvalue weighted by atomic mass is 10.1. The number of nitrogens with zero attached hydrogens (tertiary/aromatic N) is 2. The van der Waals surface area contributed by atoms with E-state index in [-0.39, 0.29) is 17.7 Å². The molecule has 164 valence electrons. The molecule has 7 nitrogen and oxygen atoms in total. The summed E-state index contributed by atoms with van der Waals surface area (Å²) in [7, 11) is 0. The Hall–Kier alpha value is -3.65. The van der Waals surface area contributed by atoms with E-state index in [0.29, 0.717) is 11.3 Å². The topological polar surface area (TPSA) is 84.1 Å². The molecule has 0 aliphatic carbocycles. The Morgan fingerprint density at radius 3 is 2.97 bits per heavy atom. The van der Waals surface area contributed by atoms with Gasteiger partial charge in [0, 0.05) is 47.2 Å². The predicted molar refractivity (Wildman–Crippen MR) is 121 cm³/mol. The highest BCUT2D eigenvalue weighted by Gasteiger charge is 2.15. The Morgan fingerprint density at radius 2 is 2.09 bits per heavy atom. The quantitative estimate of drug-likeness (QED) is 0.394.